The van der Waals surface area contributed by atoms with Crippen LogP contribution in [-0.4, -0.2) is 30.6 Å². The second kappa shape index (κ2) is 8.85. The number of para-hydroxylation sites is 1. The van der Waals surface area contributed by atoms with Gasteiger partial charge in [0.2, 0.25) is 12.4 Å². The van der Waals surface area contributed by atoms with Gasteiger partial charge in [-0.25, -0.2) is 9.97 Å². The number of ether oxygens (including phenoxy) is 2. The van der Waals surface area contributed by atoms with Crippen LogP contribution in [0, 0.1) is 0 Å². The molecule has 0 aliphatic carbocycles. The smallest absolute Gasteiger partial charge is 0.227 e. The van der Waals surface area contributed by atoms with Crippen LogP contribution in [0.3, 0.4) is 0 Å². The highest BCUT2D eigenvalue weighted by molar-refractivity contribution is 5.85. The van der Waals surface area contributed by atoms with Crippen molar-refractivity contribution >= 4 is 23.7 Å². The van der Waals surface area contributed by atoms with E-state index in [0.29, 0.717) is 29.5 Å². The molecule has 0 saturated carbocycles. The molecule has 0 fully saturated rings. The Morgan fingerprint density at radius 2 is 1.89 bits per heavy atom. The zero-order valence-corrected chi connectivity index (χ0v) is 16.0. The molecule has 2 aromatic carbocycles. The highest BCUT2D eigenvalue weighted by Crippen LogP contribution is 2.33. The monoisotopic (exact) mass is 378 g/mol. The van der Waals surface area contributed by atoms with Crippen LogP contribution < -0.4 is 20.1 Å². The summed E-state index contributed by atoms with van der Waals surface area (Å²) in [6.07, 6.45) is 3.21. The lowest BCUT2D eigenvalue weighted by Crippen LogP contribution is -2.04. The van der Waals surface area contributed by atoms with Crippen LogP contribution in [0.5, 0.6) is 11.5 Å². The van der Waals surface area contributed by atoms with Gasteiger partial charge in [-0.15, -0.1) is 0 Å². The lowest BCUT2D eigenvalue weighted by atomic mass is 10.0. The molecule has 0 unspecified atom stereocenters. The number of nitrogens with one attached hydrogen (secondary N) is 2. The minimum absolute atomic E-state index is 0.427. The van der Waals surface area contributed by atoms with Crippen molar-refractivity contribution in [1.29, 1.82) is 0 Å². The first-order valence-electron chi connectivity index (χ1n) is 8.84. The van der Waals surface area contributed by atoms with Crippen LogP contribution in [0.4, 0.5) is 17.3 Å². The molecule has 144 valence electrons. The van der Waals surface area contributed by atoms with Gasteiger partial charge in [-0.1, -0.05) is 25.1 Å². The summed E-state index contributed by atoms with van der Waals surface area (Å²) in [6.45, 7) is 2.04. The van der Waals surface area contributed by atoms with E-state index in [1.807, 2.05) is 43.3 Å². The Morgan fingerprint density at radius 1 is 1.07 bits per heavy atom. The van der Waals surface area contributed by atoms with Gasteiger partial charge in [-0.2, -0.15) is 0 Å². The summed E-state index contributed by atoms with van der Waals surface area (Å²) >= 11 is 0. The molecule has 0 spiro atoms. The normalized spacial score (nSPS) is 10.2. The number of nitrogens with zero attached hydrogens (tertiary/aromatic N) is 2. The molecule has 3 rings (SSSR count). The van der Waals surface area contributed by atoms with Crippen molar-refractivity contribution in [2.45, 2.75) is 13.3 Å². The first-order chi connectivity index (χ1) is 13.7. The first kappa shape index (κ1) is 19.2. The molecular formula is C21H22N4O3. The van der Waals surface area contributed by atoms with Crippen molar-refractivity contribution in [3.05, 3.63) is 54.2 Å². The van der Waals surface area contributed by atoms with Gasteiger partial charge >= 0.3 is 0 Å². The van der Waals surface area contributed by atoms with E-state index in [9.17, 15) is 4.79 Å². The van der Waals surface area contributed by atoms with Crippen LogP contribution in [0.15, 0.2) is 48.7 Å². The molecule has 0 radical (unpaired) electrons. The minimum atomic E-state index is 0.427. The SMILES string of the molecule is CCc1cnc(Nc2ccc(OC)cc2OC)nc1-c1ccccc1NC=O. The summed E-state index contributed by atoms with van der Waals surface area (Å²) in [5.41, 5.74) is 3.99. The van der Waals surface area contributed by atoms with E-state index in [4.69, 9.17) is 14.5 Å². The summed E-state index contributed by atoms with van der Waals surface area (Å²) < 4.78 is 10.7. The van der Waals surface area contributed by atoms with E-state index in [1.54, 1.807) is 26.5 Å². The van der Waals surface area contributed by atoms with Crippen LogP contribution in [-0.2, 0) is 11.2 Å². The second-order valence-corrected chi connectivity index (χ2v) is 5.92. The topological polar surface area (TPSA) is 85.4 Å². The molecule has 0 saturated heterocycles. The van der Waals surface area contributed by atoms with Gasteiger partial charge in [0.15, 0.2) is 0 Å². The number of anilines is 3. The Bertz CT molecular complexity index is 976. The quantitative estimate of drug-likeness (QED) is 0.576. The van der Waals surface area contributed by atoms with Crippen molar-refractivity contribution in [3.63, 3.8) is 0 Å². The molecule has 1 heterocycles. The van der Waals surface area contributed by atoms with Crippen LogP contribution >= 0.6 is 0 Å². The zero-order valence-electron chi connectivity index (χ0n) is 16.0. The van der Waals surface area contributed by atoms with E-state index in [0.717, 1.165) is 28.9 Å². The number of methoxy groups -OCH3 is 2. The zero-order chi connectivity index (χ0) is 19.9. The fraction of sp³-hybridized carbons (Fsp3) is 0.190. The maximum atomic E-state index is 11.0. The number of rotatable bonds is 8. The fourth-order valence-corrected chi connectivity index (χ4v) is 2.86. The number of carbonyl (C=O) groups is 1. The summed E-state index contributed by atoms with van der Waals surface area (Å²) in [7, 11) is 3.19. The molecule has 0 bridgehead atoms. The van der Waals surface area contributed by atoms with Gasteiger partial charge in [0.1, 0.15) is 11.5 Å². The molecule has 1 aromatic heterocycles. The number of carbonyl (C=O) groups excluding carboxylic acids is 1. The maximum absolute atomic E-state index is 11.0. The molecule has 2 N–H and O–H groups in total. The third-order valence-corrected chi connectivity index (χ3v) is 4.30. The average molecular weight is 378 g/mol. The molecular weight excluding hydrogens is 356 g/mol. The van der Waals surface area contributed by atoms with Gasteiger partial charge in [-0.05, 0) is 30.2 Å². The third-order valence-electron chi connectivity index (χ3n) is 4.30. The van der Waals surface area contributed by atoms with Crippen LogP contribution in [0.1, 0.15) is 12.5 Å². The van der Waals surface area contributed by atoms with Gasteiger partial charge in [0, 0.05) is 23.5 Å². The lowest BCUT2D eigenvalue weighted by Gasteiger charge is -2.15. The van der Waals surface area contributed by atoms with Crippen molar-refractivity contribution in [3.8, 4) is 22.8 Å². The highest BCUT2D eigenvalue weighted by Gasteiger charge is 2.13. The Hall–Kier alpha value is -3.61. The predicted octanol–water partition coefficient (Wildman–Crippen LogP) is 4.04. The standard InChI is InChI=1S/C21H22N4O3/c1-4-14-12-22-21(24-18-10-9-15(27-2)11-19(18)28-3)25-20(14)16-7-5-6-8-17(16)23-13-26/h5-13H,4H2,1-3H3,(H,23,26)(H,22,24,25). The number of amides is 1. The van der Waals surface area contributed by atoms with E-state index in [2.05, 4.69) is 15.6 Å². The van der Waals surface area contributed by atoms with Crippen LogP contribution in [0.2, 0.25) is 0 Å². The van der Waals surface area contributed by atoms with E-state index in [1.165, 1.54) is 0 Å². The number of benzene rings is 2. The minimum Gasteiger partial charge on any atom is -0.497 e. The van der Waals surface area contributed by atoms with Gasteiger partial charge in [-0.3, -0.25) is 4.79 Å². The summed E-state index contributed by atoms with van der Waals surface area (Å²) in [6, 6.07) is 13.0. The van der Waals surface area contributed by atoms with E-state index in [-0.39, 0.29) is 0 Å². The van der Waals surface area contributed by atoms with Crippen molar-refractivity contribution in [2.75, 3.05) is 24.9 Å². The lowest BCUT2D eigenvalue weighted by molar-refractivity contribution is -0.105. The van der Waals surface area contributed by atoms with Gasteiger partial charge in [0.05, 0.1) is 25.6 Å². The summed E-state index contributed by atoms with van der Waals surface area (Å²) in [5, 5.41) is 5.93. The van der Waals surface area contributed by atoms with E-state index >= 15 is 0 Å². The fourth-order valence-electron chi connectivity index (χ4n) is 2.86. The number of aryl methyl sites for hydroxylation is 1. The number of hydrogen-bond donors (Lipinski definition) is 2. The summed E-state index contributed by atoms with van der Waals surface area (Å²) in [4.78, 5) is 20.1. The Morgan fingerprint density at radius 3 is 2.61 bits per heavy atom. The summed E-state index contributed by atoms with van der Waals surface area (Å²) in [5.74, 6) is 1.74. The molecule has 7 nitrogen and oxygen atoms in total. The second-order valence-electron chi connectivity index (χ2n) is 5.92. The average Bonchev–Trinajstić information content (AvgIpc) is 2.74. The van der Waals surface area contributed by atoms with Gasteiger partial charge < -0.3 is 20.1 Å². The Balaban J connectivity index is 2.02. The van der Waals surface area contributed by atoms with Crippen molar-refractivity contribution in [2.24, 2.45) is 0 Å². The maximum Gasteiger partial charge on any atom is 0.227 e. The Labute approximate surface area is 163 Å². The Kier molecular flexibility index (Phi) is 6.06. The van der Waals surface area contributed by atoms with Gasteiger partial charge in [0.25, 0.3) is 0 Å². The number of aromatic nitrogens is 2. The molecule has 0 aliphatic rings. The van der Waals surface area contributed by atoms with Crippen molar-refractivity contribution < 1.29 is 14.3 Å². The van der Waals surface area contributed by atoms with E-state index < -0.39 is 0 Å². The molecule has 3 aromatic rings. The first-order valence-corrected chi connectivity index (χ1v) is 8.84. The molecule has 28 heavy (non-hydrogen) atoms. The molecule has 0 aliphatic heterocycles. The van der Waals surface area contributed by atoms with Crippen LogP contribution in [0.25, 0.3) is 11.3 Å². The van der Waals surface area contributed by atoms with Crippen molar-refractivity contribution in [1.82, 2.24) is 9.97 Å². The molecule has 1 amide bonds. The molecule has 7 heteroatoms. The third kappa shape index (κ3) is 4.03. The highest BCUT2D eigenvalue weighted by atomic mass is 16.5. The predicted molar refractivity (Wildman–Crippen MR) is 109 cm³/mol. The number of hydrogen-bond acceptors (Lipinski definition) is 6. The molecule has 0 atom stereocenters. The largest absolute Gasteiger partial charge is 0.497 e.